The SMILES string of the molecule is COc1cccc(CN(C)C(=O)CN2CCO[C@@H](CN(C)C)C2)c1. The molecule has 0 unspecified atom stereocenters. The summed E-state index contributed by atoms with van der Waals surface area (Å²) < 4.78 is 11.0. The molecule has 1 aliphatic heterocycles. The molecular formula is C18H29N3O3. The first-order valence-corrected chi connectivity index (χ1v) is 8.33. The van der Waals surface area contributed by atoms with E-state index in [1.54, 1.807) is 12.0 Å². The van der Waals surface area contributed by atoms with Crippen molar-refractivity contribution in [2.75, 3.05) is 61.0 Å². The third kappa shape index (κ3) is 5.78. The second-order valence-electron chi connectivity index (χ2n) is 6.59. The number of amides is 1. The molecule has 2 rings (SSSR count). The first-order valence-electron chi connectivity index (χ1n) is 8.33. The van der Waals surface area contributed by atoms with Gasteiger partial charge in [-0.25, -0.2) is 0 Å². The molecule has 0 spiro atoms. The second-order valence-corrected chi connectivity index (χ2v) is 6.59. The average Bonchev–Trinajstić information content (AvgIpc) is 2.54. The van der Waals surface area contributed by atoms with E-state index in [1.165, 1.54) is 0 Å². The van der Waals surface area contributed by atoms with Gasteiger partial charge in [-0.3, -0.25) is 9.69 Å². The molecule has 0 aromatic heterocycles. The summed E-state index contributed by atoms with van der Waals surface area (Å²) in [5.41, 5.74) is 1.07. The zero-order chi connectivity index (χ0) is 17.5. The topological polar surface area (TPSA) is 45.3 Å². The van der Waals surface area contributed by atoms with Crippen LogP contribution in [0.2, 0.25) is 0 Å². The maximum atomic E-state index is 12.5. The molecule has 1 amide bonds. The van der Waals surface area contributed by atoms with E-state index in [-0.39, 0.29) is 12.0 Å². The quantitative estimate of drug-likeness (QED) is 0.741. The molecule has 1 aromatic carbocycles. The van der Waals surface area contributed by atoms with Crippen molar-refractivity contribution in [3.63, 3.8) is 0 Å². The lowest BCUT2D eigenvalue weighted by atomic mass is 10.2. The Hall–Kier alpha value is -1.63. The molecule has 24 heavy (non-hydrogen) atoms. The zero-order valence-electron chi connectivity index (χ0n) is 15.2. The summed E-state index contributed by atoms with van der Waals surface area (Å²) in [5, 5.41) is 0. The fraction of sp³-hybridized carbons (Fsp3) is 0.611. The van der Waals surface area contributed by atoms with Crippen LogP contribution in [-0.2, 0) is 16.1 Å². The van der Waals surface area contributed by atoms with Gasteiger partial charge in [0.25, 0.3) is 0 Å². The predicted molar refractivity (Wildman–Crippen MR) is 94.2 cm³/mol. The summed E-state index contributed by atoms with van der Waals surface area (Å²) in [6.07, 6.45) is 0.172. The number of carbonyl (C=O) groups is 1. The van der Waals surface area contributed by atoms with Gasteiger partial charge in [0.1, 0.15) is 5.75 Å². The van der Waals surface area contributed by atoms with E-state index in [0.717, 1.165) is 30.9 Å². The van der Waals surface area contributed by atoms with E-state index >= 15 is 0 Å². The largest absolute Gasteiger partial charge is 0.497 e. The molecule has 1 heterocycles. The first-order chi connectivity index (χ1) is 11.5. The zero-order valence-corrected chi connectivity index (χ0v) is 15.2. The van der Waals surface area contributed by atoms with Crippen LogP contribution < -0.4 is 4.74 Å². The minimum absolute atomic E-state index is 0.128. The highest BCUT2D eigenvalue weighted by Gasteiger charge is 2.23. The van der Waals surface area contributed by atoms with Crippen molar-refractivity contribution in [1.29, 1.82) is 0 Å². The Kier molecular flexibility index (Phi) is 7.02. The molecule has 1 atom stereocenters. The summed E-state index contributed by atoms with van der Waals surface area (Å²) in [6.45, 7) is 4.20. The fourth-order valence-electron chi connectivity index (χ4n) is 2.89. The van der Waals surface area contributed by atoms with Gasteiger partial charge in [0.15, 0.2) is 0 Å². The van der Waals surface area contributed by atoms with Gasteiger partial charge >= 0.3 is 0 Å². The standard InChI is InChI=1S/C18H29N3O3/c1-19(2)12-17-13-21(8-9-24-17)14-18(22)20(3)11-15-6-5-7-16(10-15)23-4/h5-7,10,17H,8-9,11-14H2,1-4H3/t17-/m0/s1. The number of methoxy groups -OCH3 is 1. The maximum Gasteiger partial charge on any atom is 0.236 e. The van der Waals surface area contributed by atoms with Crippen molar-refractivity contribution in [1.82, 2.24) is 14.7 Å². The molecule has 134 valence electrons. The van der Waals surface area contributed by atoms with E-state index in [4.69, 9.17) is 9.47 Å². The molecule has 0 N–H and O–H groups in total. The van der Waals surface area contributed by atoms with Crippen LogP contribution in [0.4, 0.5) is 0 Å². The fourth-order valence-corrected chi connectivity index (χ4v) is 2.89. The van der Waals surface area contributed by atoms with Gasteiger partial charge in [0.05, 0.1) is 26.4 Å². The Morgan fingerprint density at radius 3 is 2.88 bits per heavy atom. The van der Waals surface area contributed by atoms with Crippen molar-refractivity contribution < 1.29 is 14.3 Å². The Morgan fingerprint density at radius 1 is 1.38 bits per heavy atom. The molecule has 6 nitrogen and oxygen atoms in total. The molecule has 6 heteroatoms. The summed E-state index contributed by atoms with van der Waals surface area (Å²) in [7, 11) is 7.57. The normalized spacial score (nSPS) is 18.6. The number of morpholine rings is 1. The van der Waals surface area contributed by atoms with Gasteiger partial charge in [0, 0.05) is 33.2 Å². The van der Waals surface area contributed by atoms with E-state index in [9.17, 15) is 4.79 Å². The average molecular weight is 335 g/mol. The molecule has 1 aliphatic rings. The number of likely N-dealkylation sites (N-methyl/N-ethyl adjacent to an activating group) is 2. The third-order valence-corrected chi connectivity index (χ3v) is 4.13. The van der Waals surface area contributed by atoms with Crippen molar-refractivity contribution in [3.8, 4) is 5.75 Å². The number of hydrogen-bond acceptors (Lipinski definition) is 5. The molecular weight excluding hydrogens is 306 g/mol. The number of benzene rings is 1. The Balaban J connectivity index is 1.84. The Morgan fingerprint density at radius 2 is 2.17 bits per heavy atom. The van der Waals surface area contributed by atoms with Gasteiger partial charge < -0.3 is 19.3 Å². The van der Waals surface area contributed by atoms with Crippen LogP contribution in [0, 0.1) is 0 Å². The van der Waals surface area contributed by atoms with E-state index < -0.39 is 0 Å². The smallest absolute Gasteiger partial charge is 0.236 e. The maximum absolute atomic E-state index is 12.5. The summed E-state index contributed by atoms with van der Waals surface area (Å²) in [6, 6.07) is 7.82. The Bertz CT molecular complexity index is 536. The van der Waals surface area contributed by atoms with Crippen molar-refractivity contribution >= 4 is 5.91 Å². The minimum atomic E-state index is 0.128. The monoisotopic (exact) mass is 335 g/mol. The highest BCUT2D eigenvalue weighted by atomic mass is 16.5. The van der Waals surface area contributed by atoms with Crippen molar-refractivity contribution in [3.05, 3.63) is 29.8 Å². The van der Waals surface area contributed by atoms with Crippen LogP contribution >= 0.6 is 0 Å². The summed E-state index contributed by atoms with van der Waals surface area (Å²) >= 11 is 0. The number of rotatable bonds is 7. The van der Waals surface area contributed by atoms with Crippen LogP contribution in [0.5, 0.6) is 5.75 Å². The van der Waals surface area contributed by atoms with Crippen LogP contribution in [0.1, 0.15) is 5.56 Å². The molecule has 0 bridgehead atoms. The van der Waals surface area contributed by atoms with E-state index in [1.807, 2.05) is 45.4 Å². The van der Waals surface area contributed by atoms with Crippen LogP contribution in [0.25, 0.3) is 0 Å². The predicted octanol–water partition coefficient (Wildman–Crippen LogP) is 0.916. The van der Waals surface area contributed by atoms with Gasteiger partial charge in [0.2, 0.25) is 5.91 Å². The molecule has 1 saturated heterocycles. The van der Waals surface area contributed by atoms with Gasteiger partial charge in [-0.2, -0.15) is 0 Å². The third-order valence-electron chi connectivity index (χ3n) is 4.13. The minimum Gasteiger partial charge on any atom is -0.497 e. The van der Waals surface area contributed by atoms with Gasteiger partial charge in [-0.15, -0.1) is 0 Å². The highest BCUT2D eigenvalue weighted by molar-refractivity contribution is 5.78. The number of ether oxygens (including phenoxy) is 2. The molecule has 1 aromatic rings. The first kappa shape index (κ1) is 18.7. The number of hydrogen-bond donors (Lipinski definition) is 0. The number of carbonyl (C=O) groups excluding carboxylic acids is 1. The van der Waals surface area contributed by atoms with Crippen molar-refractivity contribution in [2.24, 2.45) is 0 Å². The molecule has 1 fully saturated rings. The lowest BCUT2D eigenvalue weighted by Gasteiger charge is -2.34. The second kappa shape index (κ2) is 9.01. The molecule has 0 radical (unpaired) electrons. The number of nitrogens with zero attached hydrogens (tertiary/aromatic N) is 3. The van der Waals surface area contributed by atoms with Crippen LogP contribution in [0.3, 0.4) is 0 Å². The van der Waals surface area contributed by atoms with E-state index in [0.29, 0.717) is 19.7 Å². The van der Waals surface area contributed by atoms with Crippen LogP contribution in [0.15, 0.2) is 24.3 Å². The van der Waals surface area contributed by atoms with E-state index in [2.05, 4.69) is 9.80 Å². The lowest BCUT2D eigenvalue weighted by Crippen LogP contribution is -2.49. The summed E-state index contributed by atoms with van der Waals surface area (Å²) in [5.74, 6) is 0.941. The van der Waals surface area contributed by atoms with Gasteiger partial charge in [-0.1, -0.05) is 12.1 Å². The molecule has 0 aliphatic carbocycles. The molecule has 0 saturated carbocycles. The van der Waals surface area contributed by atoms with Gasteiger partial charge in [-0.05, 0) is 31.8 Å². The Labute approximate surface area is 144 Å². The lowest BCUT2D eigenvalue weighted by molar-refractivity contribution is -0.133. The van der Waals surface area contributed by atoms with Crippen molar-refractivity contribution in [2.45, 2.75) is 12.6 Å². The highest BCUT2D eigenvalue weighted by Crippen LogP contribution is 2.14. The van der Waals surface area contributed by atoms with Crippen LogP contribution in [-0.4, -0.2) is 87.7 Å². The summed E-state index contributed by atoms with van der Waals surface area (Å²) in [4.78, 5) is 18.6.